The third-order valence-electron chi connectivity index (χ3n) is 1.63. The number of hydrogen-bond acceptors (Lipinski definition) is 0. The normalized spacial score (nSPS) is 9.27. The molecule has 0 saturated carbocycles. The van der Waals surface area contributed by atoms with E-state index in [0.29, 0.717) is 0 Å². The molecule has 0 aliphatic carbocycles. The molecule has 0 N–H and O–H groups in total. The third kappa shape index (κ3) is 13.8. The van der Waals surface area contributed by atoms with Crippen molar-refractivity contribution < 1.29 is 18.9 Å². The van der Waals surface area contributed by atoms with Crippen molar-refractivity contribution in [3.05, 3.63) is 6.92 Å². The smallest absolute Gasteiger partial charge is 0.343 e. The Kier molecular flexibility index (Phi) is 17.7. The molecule has 0 aromatic carbocycles. The molecular formula is C9H18ClLi. The first-order valence-electron chi connectivity index (χ1n) is 4.27. The predicted octanol–water partition coefficient (Wildman–Crippen LogP) is 0.794. The zero-order valence-electron chi connectivity index (χ0n) is 7.74. The van der Waals surface area contributed by atoms with Crippen LogP contribution in [0.25, 0.3) is 0 Å². The molecule has 0 spiro atoms. The van der Waals surface area contributed by atoms with Crippen molar-refractivity contribution in [2.75, 3.05) is 5.88 Å². The summed E-state index contributed by atoms with van der Waals surface area (Å²) in [7, 11) is 0. The fraction of sp³-hybridized carbons (Fsp3) is 0.889. The molecule has 0 bridgehead atoms. The summed E-state index contributed by atoms with van der Waals surface area (Å²) in [5.74, 6) is 0.829. The third-order valence-corrected chi connectivity index (χ3v) is 1.90. The summed E-state index contributed by atoms with van der Waals surface area (Å²) in [5.41, 5.74) is 0. The van der Waals surface area contributed by atoms with Gasteiger partial charge >= 0.3 is 18.9 Å². The van der Waals surface area contributed by atoms with E-state index in [1.165, 1.54) is 38.5 Å². The number of halogens is 1. The van der Waals surface area contributed by atoms with E-state index in [1.54, 1.807) is 0 Å². The summed E-state index contributed by atoms with van der Waals surface area (Å²) in [6, 6.07) is 0. The van der Waals surface area contributed by atoms with E-state index in [1.807, 2.05) is 0 Å². The van der Waals surface area contributed by atoms with E-state index >= 15 is 0 Å². The SMILES string of the molecule is [CH2-]CCCCCCCCCl.[Li+]. The van der Waals surface area contributed by atoms with Crippen molar-refractivity contribution in [1.29, 1.82) is 0 Å². The summed E-state index contributed by atoms with van der Waals surface area (Å²) in [4.78, 5) is 0. The minimum atomic E-state index is 0. The van der Waals surface area contributed by atoms with E-state index in [2.05, 4.69) is 6.92 Å². The van der Waals surface area contributed by atoms with Crippen molar-refractivity contribution in [2.45, 2.75) is 44.9 Å². The van der Waals surface area contributed by atoms with Crippen LogP contribution in [0.3, 0.4) is 0 Å². The van der Waals surface area contributed by atoms with Crippen LogP contribution in [0.15, 0.2) is 0 Å². The fourth-order valence-electron chi connectivity index (χ4n) is 0.978. The van der Waals surface area contributed by atoms with Crippen molar-refractivity contribution in [2.24, 2.45) is 0 Å². The van der Waals surface area contributed by atoms with Crippen LogP contribution in [0.2, 0.25) is 0 Å². The average Bonchev–Trinajstić information content (AvgIpc) is 1.97. The summed E-state index contributed by atoms with van der Waals surface area (Å²) in [5, 5.41) is 0. The number of hydrogen-bond donors (Lipinski definition) is 0. The summed E-state index contributed by atoms with van der Waals surface area (Å²) >= 11 is 5.53. The molecule has 0 aliphatic rings. The van der Waals surface area contributed by atoms with Crippen LogP contribution in [-0.4, -0.2) is 5.88 Å². The molecule has 0 amide bonds. The zero-order valence-corrected chi connectivity index (χ0v) is 8.50. The second-order valence-electron chi connectivity index (χ2n) is 2.66. The van der Waals surface area contributed by atoms with Crippen LogP contribution in [0.4, 0.5) is 0 Å². The molecular weight excluding hydrogens is 150 g/mol. The first-order valence-corrected chi connectivity index (χ1v) is 4.80. The molecule has 62 valence electrons. The molecule has 0 heterocycles. The van der Waals surface area contributed by atoms with Crippen molar-refractivity contribution in [3.63, 3.8) is 0 Å². The van der Waals surface area contributed by atoms with Crippen LogP contribution < -0.4 is 18.9 Å². The molecule has 0 radical (unpaired) electrons. The molecule has 2 heteroatoms. The van der Waals surface area contributed by atoms with Crippen LogP contribution in [0, 0.1) is 6.92 Å². The topological polar surface area (TPSA) is 0 Å². The van der Waals surface area contributed by atoms with Gasteiger partial charge in [-0.25, -0.2) is 0 Å². The van der Waals surface area contributed by atoms with Gasteiger partial charge in [-0.15, -0.1) is 11.6 Å². The van der Waals surface area contributed by atoms with Crippen molar-refractivity contribution in [3.8, 4) is 0 Å². The molecule has 0 fully saturated rings. The number of rotatable bonds is 7. The Morgan fingerprint density at radius 3 is 1.73 bits per heavy atom. The minimum Gasteiger partial charge on any atom is -0.343 e. The van der Waals surface area contributed by atoms with Crippen LogP contribution in [0.1, 0.15) is 44.9 Å². The molecule has 0 unspecified atom stereocenters. The number of unbranched alkanes of at least 4 members (excludes halogenated alkanes) is 6. The van der Waals surface area contributed by atoms with Crippen LogP contribution in [-0.2, 0) is 0 Å². The second-order valence-corrected chi connectivity index (χ2v) is 3.04. The van der Waals surface area contributed by atoms with E-state index in [9.17, 15) is 0 Å². The molecule has 11 heavy (non-hydrogen) atoms. The van der Waals surface area contributed by atoms with Crippen LogP contribution >= 0.6 is 11.6 Å². The predicted molar refractivity (Wildman–Crippen MR) is 48.4 cm³/mol. The Morgan fingerprint density at radius 1 is 0.818 bits per heavy atom. The Labute approximate surface area is 88.3 Å². The van der Waals surface area contributed by atoms with Crippen molar-refractivity contribution >= 4 is 11.6 Å². The van der Waals surface area contributed by atoms with Gasteiger partial charge in [0, 0.05) is 5.88 Å². The monoisotopic (exact) mass is 168 g/mol. The Bertz CT molecular complexity index is 49.5. The van der Waals surface area contributed by atoms with Gasteiger partial charge in [-0.05, 0) is 6.42 Å². The Balaban J connectivity index is 0. The van der Waals surface area contributed by atoms with Crippen LogP contribution in [0.5, 0.6) is 0 Å². The molecule has 0 aromatic rings. The van der Waals surface area contributed by atoms with Gasteiger partial charge in [-0.2, -0.15) is 6.42 Å². The first-order chi connectivity index (χ1) is 4.91. The molecule has 0 aliphatic heterocycles. The van der Waals surface area contributed by atoms with E-state index in [-0.39, 0.29) is 18.9 Å². The van der Waals surface area contributed by atoms with E-state index < -0.39 is 0 Å². The quantitative estimate of drug-likeness (QED) is 0.228. The zero-order chi connectivity index (χ0) is 7.66. The molecule has 0 atom stereocenters. The second kappa shape index (κ2) is 13.5. The molecule has 0 nitrogen and oxygen atoms in total. The minimum absolute atomic E-state index is 0. The maximum absolute atomic E-state index is 5.53. The van der Waals surface area contributed by atoms with Gasteiger partial charge in [0.15, 0.2) is 0 Å². The van der Waals surface area contributed by atoms with Gasteiger partial charge in [-0.1, -0.05) is 32.1 Å². The van der Waals surface area contributed by atoms with Gasteiger partial charge < -0.3 is 6.92 Å². The average molecular weight is 169 g/mol. The fourth-order valence-corrected chi connectivity index (χ4v) is 1.17. The summed E-state index contributed by atoms with van der Waals surface area (Å²) < 4.78 is 0. The van der Waals surface area contributed by atoms with Gasteiger partial charge in [-0.3, -0.25) is 0 Å². The summed E-state index contributed by atoms with van der Waals surface area (Å²) in [6.07, 6.45) is 8.95. The maximum Gasteiger partial charge on any atom is 1.00 e. The van der Waals surface area contributed by atoms with Gasteiger partial charge in [0.05, 0.1) is 0 Å². The molecule has 0 aromatic heterocycles. The maximum atomic E-state index is 5.53. The van der Waals surface area contributed by atoms with Crippen molar-refractivity contribution in [1.82, 2.24) is 0 Å². The standard InChI is InChI=1S/C9H18Cl.Li/c1-2-3-4-5-6-7-8-9-10;/h1-9H2;/q-1;+1. The van der Waals surface area contributed by atoms with E-state index in [4.69, 9.17) is 11.6 Å². The summed E-state index contributed by atoms with van der Waals surface area (Å²) in [6.45, 7) is 3.80. The van der Waals surface area contributed by atoms with E-state index in [0.717, 1.165) is 12.3 Å². The largest absolute Gasteiger partial charge is 1.00 e. The first kappa shape index (κ1) is 14.4. The molecule has 0 rings (SSSR count). The Morgan fingerprint density at radius 2 is 1.27 bits per heavy atom. The Hall–Kier alpha value is 0.887. The number of alkyl halides is 1. The molecule has 0 saturated heterocycles. The van der Waals surface area contributed by atoms with Gasteiger partial charge in [0.1, 0.15) is 0 Å². The van der Waals surface area contributed by atoms with Gasteiger partial charge in [0.2, 0.25) is 0 Å². The van der Waals surface area contributed by atoms with Gasteiger partial charge in [0.25, 0.3) is 0 Å².